The fourth-order valence-corrected chi connectivity index (χ4v) is 1.69. The van der Waals surface area contributed by atoms with Gasteiger partial charge >= 0.3 is 6.09 Å². The van der Waals surface area contributed by atoms with E-state index < -0.39 is 6.09 Å². The fourth-order valence-electron chi connectivity index (χ4n) is 1.69. The van der Waals surface area contributed by atoms with Crippen LogP contribution in [-0.4, -0.2) is 26.1 Å². The van der Waals surface area contributed by atoms with Crippen LogP contribution in [0, 0.1) is 0 Å². The molecule has 0 N–H and O–H groups in total. The third kappa shape index (κ3) is 2.28. The van der Waals surface area contributed by atoms with Crippen LogP contribution in [0.4, 0.5) is 4.79 Å². The molecule has 0 fully saturated rings. The lowest BCUT2D eigenvalue weighted by Crippen LogP contribution is -2.15. The molecule has 6 nitrogen and oxygen atoms in total. The molecule has 0 aliphatic heterocycles. The van der Waals surface area contributed by atoms with Gasteiger partial charge in [0.15, 0.2) is 0 Å². The Morgan fingerprint density at radius 3 is 2.89 bits per heavy atom. The van der Waals surface area contributed by atoms with Crippen molar-refractivity contribution in [1.29, 1.82) is 0 Å². The Morgan fingerprint density at radius 1 is 1.21 bits per heavy atom. The van der Waals surface area contributed by atoms with E-state index in [2.05, 4.69) is 15.3 Å². The molecule has 0 saturated heterocycles. The molecule has 3 aromatic rings. The molecule has 0 saturated carbocycles. The second-order valence-electron chi connectivity index (χ2n) is 3.91. The minimum Gasteiger partial charge on any atom is -0.443 e. The molecular formula is C13H10N4O2. The molecule has 1 aromatic carbocycles. The number of fused-ring (bicyclic) bond motifs is 1. The Kier molecular flexibility index (Phi) is 2.89. The summed E-state index contributed by atoms with van der Waals surface area (Å²) in [5, 5.41) is 7.60. The number of benzene rings is 1. The molecule has 0 aliphatic rings. The fraction of sp³-hybridized carbons (Fsp3) is 0.0769. The van der Waals surface area contributed by atoms with Crippen molar-refractivity contribution >= 4 is 17.1 Å². The summed E-state index contributed by atoms with van der Waals surface area (Å²) in [5.74, 6) is 0. The molecule has 0 spiro atoms. The van der Waals surface area contributed by atoms with Crippen LogP contribution >= 0.6 is 0 Å². The van der Waals surface area contributed by atoms with Gasteiger partial charge < -0.3 is 4.74 Å². The van der Waals surface area contributed by atoms with Crippen LogP contribution in [0.1, 0.15) is 5.56 Å². The maximum absolute atomic E-state index is 11.9. The van der Waals surface area contributed by atoms with Gasteiger partial charge in [-0.15, -0.1) is 9.78 Å². The summed E-state index contributed by atoms with van der Waals surface area (Å²) in [6.07, 6.45) is 2.56. The van der Waals surface area contributed by atoms with Crippen molar-refractivity contribution in [2.45, 2.75) is 6.61 Å². The molecule has 0 radical (unpaired) electrons. The van der Waals surface area contributed by atoms with Crippen LogP contribution in [0.2, 0.25) is 0 Å². The highest BCUT2D eigenvalue weighted by Gasteiger charge is 2.12. The minimum absolute atomic E-state index is 0.201. The molecule has 2 aromatic heterocycles. The summed E-state index contributed by atoms with van der Waals surface area (Å²) >= 11 is 0. The molecule has 6 heteroatoms. The third-order valence-corrected chi connectivity index (χ3v) is 2.63. The van der Waals surface area contributed by atoms with Crippen LogP contribution in [0.15, 0.2) is 48.8 Å². The lowest BCUT2D eigenvalue weighted by atomic mass is 10.2. The zero-order valence-corrected chi connectivity index (χ0v) is 9.93. The zero-order chi connectivity index (χ0) is 13.1. The van der Waals surface area contributed by atoms with Gasteiger partial charge in [0.05, 0.1) is 6.20 Å². The first-order valence-electron chi connectivity index (χ1n) is 5.71. The molecule has 2 heterocycles. The van der Waals surface area contributed by atoms with Gasteiger partial charge in [-0.1, -0.05) is 35.5 Å². The van der Waals surface area contributed by atoms with Crippen LogP contribution < -0.4 is 0 Å². The van der Waals surface area contributed by atoms with Crippen LogP contribution in [0.3, 0.4) is 0 Å². The number of pyridine rings is 1. The summed E-state index contributed by atoms with van der Waals surface area (Å²) in [7, 11) is 0. The molecule has 3 rings (SSSR count). The summed E-state index contributed by atoms with van der Waals surface area (Å²) in [4.78, 5) is 15.8. The molecule has 0 bridgehead atoms. The molecule has 94 valence electrons. The van der Waals surface area contributed by atoms with E-state index in [1.54, 1.807) is 18.5 Å². The van der Waals surface area contributed by atoms with Crippen molar-refractivity contribution in [1.82, 2.24) is 20.0 Å². The summed E-state index contributed by atoms with van der Waals surface area (Å²) < 4.78 is 6.31. The first kappa shape index (κ1) is 11.3. The second kappa shape index (κ2) is 4.85. The van der Waals surface area contributed by atoms with Crippen molar-refractivity contribution in [3.63, 3.8) is 0 Å². The van der Waals surface area contributed by atoms with Crippen molar-refractivity contribution in [2.75, 3.05) is 0 Å². The lowest BCUT2D eigenvalue weighted by Gasteiger charge is -2.04. The molecule has 0 amide bonds. The average molecular weight is 254 g/mol. The predicted molar refractivity (Wildman–Crippen MR) is 67.3 cm³/mol. The Hall–Kier alpha value is -2.76. The molecule has 19 heavy (non-hydrogen) atoms. The Bertz CT molecular complexity index is 709. The van der Waals surface area contributed by atoms with Gasteiger partial charge in [0, 0.05) is 6.20 Å². The number of hydrogen-bond donors (Lipinski definition) is 0. The summed E-state index contributed by atoms with van der Waals surface area (Å²) in [5.41, 5.74) is 2.05. The van der Waals surface area contributed by atoms with E-state index >= 15 is 0 Å². The standard InChI is InChI=1S/C13H10N4O2/c18-13(19-9-10-4-2-1-3-5-10)17-12-6-7-14-8-11(12)15-16-17/h1-8H,9H2. The SMILES string of the molecule is O=C(OCc1ccccc1)n1nnc2cnccc21. The predicted octanol–water partition coefficient (Wildman–Crippen LogP) is 2.01. The molecule has 0 atom stereocenters. The quantitative estimate of drug-likeness (QED) is 0.699. The Labute approximate surface area is 108 Å². The van der Waals surface area contributed by atoms with E-state index in [1.807, 2.05) is 30.3 Å². The lowest BCUT2D eigenvalue weighted by molar-refractivity contribution is 0.138. The maximum Gasteiger partial charge on any atom is 0.437 e. The highest BCUT2D eigenvalue weighted by Crippen LogP contribution is 2.09. The number of carbonyl (C=O) groups is 1. The van der Waals surface area contributed by atoms with Crippen molar-refractivity contribution < 1.29 is 9.53 Å². The van der Waals surface area contributed by atoms with Crippen molar-refractivity contribution in [2.24, 2.45) is 0 Å². The van der Waals surface area contributed by atoms with Gasteiger partial charge in [-0.05, 0) is 11.6 Å². The number of ether oxygens (including phenoxy) is 1. The molecule has 0 aliphatic carbocycles. The monoisotopic (exact) mass is 254 g/mol. The molecule has 0 unspecified atom stereocenters. The first-order chi connectivity index (χ1) is 9.34. The van der Waals surface area contributed by atoms with Crippen molar-refractivity contribution in [3.8, 4) is 0 Å². The third-order valence-electron chi connectivity index (χ3n) is 2.63. The highest BCUT2D eigenvalue weighted by atomic mass is 16.6. The number of carbonyl (C=O) groups excluding carboxylic acids is 1. The number of rotatable bonds is 2. The number of nitrogens with zero attached hydrogens (tertiary/aromatic N) is 4. The van der Waals surface area contributed by atoms with E-state index in [0.29, 0.717) is 11.0 Å². The Morgan fingerprint density at radius 2 is 2.05 bits per heavy atom. The smallest absolute Gasteiger partial charge is 0.437 e. The van der Waals surface area contributed by atoms with Gasteiger partial charge in [-0.2, -0.15) is 0 Å². The average Bonchev–Trinajstić information content (AvgIpc) is 2.90. The van der Waals surface area contributed by atoms with Crippen molar-refractivity contribution in [3.05, 3.63) is 54.4 Å². The van der Waals surface area contributed by atoms with E-state index in [1.165, 1.54) is 0 Å². The van der Waals surface area contributed by atoms with Crippen LogP contribution in [-0.2, 0) is 11.3 Å². The van der Waals surface area contributed by atoms with Crippen LogP contribution in [0.5, 0.6) is 0 Å². The first-order valence-corrected chi connectivity index (χ1v) is 5.71. The number of hydrogen-bond acceptors (Lipinski definition) is 5. The summed E-state index contributed by atoms with van der Waals surface area (Å²) in [6.45, 7) is 0.201. The van der Waals surface area contributed by atoms with Gasteiger partial charge in [0.25, 0.3) is 0 Å². The highest BCUT2D eigenvalue weighted by molar-refractivity contribution is 5.84. The minimum atomic E-state index is -0.558. The van der Waals surface area contributed by atoms with E-state index in [-0.39, 0.29) is 6.61 Å². The Balaban J connectivity index is 1.77. The van der Waals surface area contributed by atoms with Gasteiger partial charge in [0.2, 0.25) is 0 Å². The normalized spacial score (nSPS) is 10.5. The van der Waals surface area contributed by atoms with Gasteiger partial charge in [0.1, 0.15) is 17.6 Å². The van der Waals surface area contributed by atoms with E-state index in [4.69, 9.17) is 4.74 Å². The molecular weight excluding hydrogens is 244 g/mol. The van der Waals surface area contributed by atoms with E-state index in [9.17, 15) is 4.79 Å². The maximum atomic E-state index is 11.9. The van der Waals surface area contributed by atoms with Gasteiger partial charge in [-0.25, -0.2) is 4.79 Å². The van der Waals surface area contributed by atoms with E-state index in [0.717, 1.165) is 10.2 Å². The number of aromatic nitrogens is 4. The largest absolute Gasteiger partial charge is 0.443 e. The zero-order valence-electron chi connectivity index (χ0n) is 9.93. The van der Waals surface area contributed by atoms with Gasteiger partial charge in [-0.3, -0.25) is 4.98 Å². The topological polar surface area (TPSA) is 69.9 Å². The summed E-state index contributed by atoms with van der Waals surface area (Å²) in [6, 6.07) is 11.1. The second-order valence-corrected chi connectivity index (χ2v) is 3.91. The van der Waals surface area contributed by atoms with Crippen LogP contribution in [0.25, 0.3) is 11.0 Å².